The molecule has 0 bridgehead atoms. The maximum atomic E-state index is 12.4. The predicted molar refractivity (Wildman–Crippen MR) is 110 cm³/mol. The third-order valence-corrected chi connectivity index (χ3v) is 4.19. The summed E-state index contributed by atoms with van der Waals surface area (Å²) in [6, 6.07) is 15.6. The minimum atomic E-state index is -0.405. The van der Waals surface area contributed by atoms with E-state index in [-0.39, 0.29) is 11.6 Å². The Hall–Kier alpha value is -3.45. The van der Waals surface area contributed by atoms with E-state index in [1.165, 1.54) is 6.92 Å². The van der Waals surface area contributed by atoms with E-state index < -0.39 is 5.91 Å². The van der Waals surface area contributed by atoms with Crippen molar-refractivity contribution in [3.8, 4) is 0 Å². The lowest BCUT2D eigenvalue weighted by Crippen LogP contribution is -2.15. The number of carbonyl (C=O) groups is 2. The number of carbonyl (C=O) groups excluding carboxylic acids is 2. The van der Waals surface area contributed by atoms with Gasteiger partial charge in [-0.25, -0.2) is 0 Å². The molecule has 8 heteroatoms. The van der Waals surface area contributed by atoms with E-state index in [2.05, 4.69) is 26.1 Å². The average Bonchev–Trinajstić information content (AvgIpc) is 2.65. The Labute approximate surface area is 167 Å². The van der Waals surface area contributed by atoms with Crippen LogP contribution in [0.4, 0.5) is 22.9 Å². The number of rotatable bonds is 5. The van der Waals surface area contributed by atoms with Gasteiger partial charge in [0.15, 0.2) is 11.5 Å². The monoisotopic (exact) mass is 395 g/mol. The fourth-order valence-electron chi connectivity index (χ4n) is 2.41. The fraction of sp³-hybridized carbons (Fsp3) is 0.100. The number of hydrogen-bond acceptors (Lipinski definition) is 5. The minimum absolute atomic E-state index is 0.164. The Balaban J connectivity index is 1.66. The van der Waals surface area contributed by atoms with Gasteiger partial charge in [-0.3, -0.25) is 9.59 Å². The molecule has 7 nitrogen and oxygen atoms in total. The first-order valence-electron chi connectivity index (χ1n) is 8.46. The molecule has 0 unspecified atom stereocenters. The highest BCUT2D eigenvalue weighted by Crippen LogP contribution is 2.22. The predicted octanol–water partition coefficient (Wildman–Crippen LogP) is 4.39. The lowest BCUT2D eigenvalue weighted by Gasteiger charge is -2.09. The summed E-state index contributed by atoms with van der Waals surface area (Å²) in [4.78, 5) is 23.5. The van der Waals surface area contributed by atoms with Gasteiger partial charge in [0.2, 0.25) is 5.91 Å². The summed E-state index contributed by atoms with van der Waals surface area (Å²) in [5.41, 5.74) is 3.05. The van der Waals surface area contributed by atoms with Gasteiger partial charge in [-0.1, -0.05) is 23.7 Å². The molecule has 0 fully saturated rings. The lowest BCUT2D eigenvalue weighted by atomic mass is 10.2. The van der Waals surface area contributed by atoms with E-state index in [1.54, 1.807) is 42.5 Å². The van der Waals surface area contributed by atoms with Crippen LogP contribution in [0.5, 0.6) is 0 Å². The first kappa shape index (κ1) is 19.3. The molecule has 142 valence electrons. The van der Waals surface area contributed by atoms with Crippen LogP contribution in [0, 0.1) is 6.92 Å². The Bertz CT molecular complexity index is 1020. The van der Waals surface area contributed by atoms with Gasteiger partial charge in [0.1, 0.15) is 0 Å². The van der Waals surface area contributed by atoms with E-state index in [1.807, 2.05) is 19.1 Å². The van der Waals surface area contributed by atoms with Gasteiger partial charge in [-0.15, -0.1) is 10.2 Å². The highest BCUT2D eigenvalue weighted by atomic mass is 35.5. The Morgan fingerprint density at radius 3 is 2.29 bits per heavy atom. The zero-order valence-corrected chi connectivity index (χ0v) is 16.0. The van der Waals surface area contributed by atoms with Crippen LogP contribution in [0.2, 0.25) is 5.02 Å². The number of nitrogens with one attached hydrogen (secondary N) is 3. The molecule has 0 aliphatic carbocycles. The van der Waals surface area contributed by atoms with Crippen molar-refractivity contribution in [1.29, 1.82) is 0 Å². The molecule has 3 rings (SSSR count). The van der Waals surface area contributed by atoms with E-state index in [9.17, 15) is 9.59 Å². The quantitative estimate of drug-likeness (QED) is 0.595. The van der Waals surface area contributed by atoms with Crippen molar-refractivity contribution >= 4 is 46.3 Å². The van der Waals surface area contributed by atoms with Crippen molar-refractivity contribution in [3.63, 3.8) is 0 Å². The minimum Gasteiger partial charge on any atom is -0.339 e. The number of anilines is 4. The number of hydrogen-bond donors (Lipinski definition) is 3. The maximum Gasteiger partial charge on any atom is 0.276 e. The summed E-state index contributed by atoms with van der Waals surface area (Å²) in [5.74, 6) is -0.103. The molecule has 3 N–H and O–H groups in total. The van der Waals surface area contributed by atoms with Crippen molar-refractivity contribution in [3.05, 3.63) is 70.9 Å². The highest BCUT2D eigenvalue weighted by Gasteiger charge is 2.10. The second kappa shape index (κ2) is 8.49. The maximum absolute atomic E-state index is 12.4. The molecule has 2 amide bonds. The summed E-state index contributed by atoms with van der Waals surface area (Å²) in [7, 11) is 0. The molecule has 1 aromatic heterocycles. The molecular formula is C20H18ClN5O2. The smallest absolute Gasteiger partial charge is 0.276 e. The normalized spacial score (nSPS) is 10.2. The Morgan fingerprint density at radius 1 is 0.893 bits per heavy atom. The van der Waals surface area contributed by atoms with Crippen LogP contribution >= 0.6 is 11.6 Å². The fourth-order valence-corrected chi connectivity index (χ4v) is 2.59. The van der Waals surface area contributed by atoms with Crippen LogP contribution in [0.1, 0.15) is 23.0 Å². The van der Waals surface area contributed by atoms with Crippen LogP contribution < -0.4 is 16.0 Å². The molecular weight excluding hydrogens is 378 g/mol. The van der Waals surface area contributed by atoms with Crippen molar-refractivity contribution in [2.75, 3.05) is 16.0 Å². The molecule has 0 atom stereocenters. The second-order valence-corrected chi connectivity index (χ2v) is 6.52. The molecule has 0 radical (unpaired) electrons. The van der Waals surface area contributed by atoms with Gasteiger partial charge in [0, 0.05) is 29.0 Å². The van der Waals surface area contributed by atoms with Crippen molar-refractivity contribution in [2.24, 2.45) is 0 Å². The van der Waals surface area contributed by atoms with Gasteiger partial charge >= 0.3 is 0 Å². The number of benzene rings is 2. The first-order valence-corrected chi connectivity index (χ1v) is 8.84. The Morgan fingerprint density at radius 2 is 1.64 bits per heavy atom. The molecule has 0 saturated heterocycles. The van der Waals surface area contributed by atoms with Gasteiger partial charge in [-0.2, -0.15) is 0 Å². The average molecular weight is 396 g/mol. The number of amides is 2. The van der Waals surface area contributed by atoms with Crippen LogP contribution in [0.25, 0.3) is 0 Å². The lowest BCUT2D eigenvalue weighted by molar-refractivity contribution is -0.114. The summed E-state index contributed by atoms with van der Waals surface area (Å²) in [5, 5.41) is 17.1. The molecule has 3 aromatic rings. The number of aryl methyl sites for hydroxylation is 1. The number of nitrogens with zero attached hydrogens (tertiary/aromatic N) is 2. The van der Waals surface area contributed by atoms with Crippen molar-refractivity contribution < 1.29 is 9.59 Å². The standard InChI is InChI=1S/C20H18ClN5O2/c1-12-6-7-16(11-17(12)21)23-19-9-8-18(25-26-19)20(28)24-15-5-3-4-14(10-15)22-13(2)27/h3-11H,1-2H3,(H,22,27)(H,23,26)(H,24,28). The summed E-state index contributed by atoms with van der Waals surface area (Å²) >= 11 is 6.11. The van der Waals surface area contributed by atoms with Crippen molar-refractivity contribution in [1.82, 2.24) is 10.2 Å². The molecule has 0 saturated carbocycles. The Kier molecular flexibility index (Phi) is 5.86. The molecule has 0 aliphatic rings. The van der Waals surface area contributed by atoms with Crippen LogP contribution in [-0.2, 0) is 4.79 Å². The van der Waals surface area contributed by atoms with E-state index in [4.69, 9.17) is 11.6 Å². The SMILES string of the molecule is CC(=O)Nc1cccc(NC(=O)c2ccc(Nc3ccc(C)c(Cl)c3)nn2)c1. The molecule has 2 aromatic carbocycles. The molecule has 28 heavy (non-hydrogen) atoms. The number of aromatic nitrogens is 2. The largest absolute Gasteiger partial charge is 0.339 e. The summed E-state index contributed by atoms with van der Waals surface area (Å²) < 4.78 is 0. The topological polar surface area (TPSA) is 96.0 Å². The van der Waals surface area contributed by atoms with Gasteiger partial charge < -0.3 is 16.0 Å². The van der Waals surface area contributed by atoms with Crippen LogP contribution in [-0.4, -0.2) is 22.0 Å². The van der Waals surface area contributed by atoms with Gasteiger partial charge in [0.25, 0.3) is 5.91 Å². The highest BCUT2D eigenvalue weighted by molar-refractivity contribution is 6.31. The summed E-state index contributed by atoms with van der Waals surface area (Å²) in [6.07, 6.45) is 0. The van der Waals surface area contributed by atoms with Crippen LogP contribution in [0.3, 0.4) is 0 Å². The first-order chi connectivity index (χ1) is 13.4. The number of halogens is 1. The summed E-state index contributed by atoms with van der Waals surface area (Å²) in [6.45, 7) is 3.34. The van der Waals surface area contributed by atoms with E-state index in [0.717, 1.165) is 11.3 Å². The zero-order chi connectivity index (χ0) is 20.1. The third kappa shape index (κ3) is 5.05. The molecule has 1 heterocycles. The zero-order valence-electron chi connectivity index (χ0n) is 15.3. The van der Waals surface area contributed by atoms with Crippen molar-refractivity contribution in [2.45, 2.75) is 13.8 Å². The molecule has 0 spiro atoms. The third-order valence-electron chi connectivity index (χ3n) is 3.78. The van der Waals surface area contributed by atoms with Gasteiger partial charge in [0.05, 0.1) is 0 Å². The second-order valence-electron chi connectivity index (χ2n) is 6.11. The van der Waals surface area contributed by atoms with E-state index >= 15 is 0 Å². The van der Waals surface area contributed by atoms with Gasteiger partial charge in [-0.05, 0) is 55.0 Å². The van der Waals surface area contributed by atoms with E-state index in [0.29, 0.717) is 22.2 Å². The van der Waals surface area contributed by atoms with Crippen LogP contribution in [0.15, 0.2) is 54.6 Å². The molecule has 0 aliphatic heterocycles.